The fourth-order valence-electron chi connectivity index (χ4n) is 2.72. The summed E-state index contributed by atoms with van der Waals surface area (Å²) in [5.41, 5.74) is 7.00. The molecule has 7 nitrogen and oxygen atoms in total. The van der Waals surface area contributed by atoms with Crippen LogP contribution in [-0.4, -0.2) is 32.0 Å². The van der Waals surface area contributed by atoms with Crippen LogP contribution in [0.25, 0.3) is 0 Å². The molecule has 130 valence electrons. The molecule has 9 heteroatoms. The summed E-state index contributed by atoms with van der Waals surface area (Å²) in [4.78, 5) is 11.4. The zero-order valence-electron chi connectivity index (χ0n) is 13.1. The Morgan fingerprint density at radius 2 is 2.00 bits per heavy atom. The molecule has 3 rings (SSSR count). The van der Waals surface area contributed by atoms with Crippen molar-refractivity contribution in [3.63, 3.8) is 0 Å². The molecule has 2 heterocycles. The number of nitrogens with one attached hydrogen (secondary N) is 1. The molecule has 1 aromatic heterocycles. The molecule has 0 atom stereocenters. The van der Waals surface area contributed by atoms with Crippen molar-refractivity contribution in [2.24, 2.45) is 12.8 Å². The summed E-state index contributed by atoms with van der Waals surface area (Å²) in [5.74, 6) is -0.660. The van der Waals surface area contributed by atoms with E-state index in [9.17, 15) is 13.2 Å². The quantitative estimate of drug-likeness (QED) is 0.836. The second-order valence-electron chi connectivity index (χ2n) is 5.42. The number of aromatic nitrogens is 1. The van der Waals surface area contributed by atoms with Crippen LogP contribution < -0.4 is 15.4 Å². The third-order valence-corrected chi connectivity index (χ3v) is 5.67. The van der Waals surface area contributed by atoms with E-state index in [0.29, 0.717) is 25.3 Å². The topological polar surface area (TPSA) is 97.4 Å². The van der Waals surface area contributed by atoms with Crippen LogP contribution in [0.1, 0.15) is 16.1 Å². The highest BCUT2D eigenvalue weighted by atomic mass is 35.5. The predicted molar refractivity (Wildman–Crippen MR) is 93.9 cm³/mol. The van der Waals surface area contributed by atoms with Crippen LogP contribution in [0.5, 0.6) is 0 Å². The molecule has 1 amide bonds. The van der Waals surface area contributed by atoms with Gasteiger partial charge >= 0.3 is 0 Å². The number of hydrogen-bond acceptors (Lipinski definition) is 4. The van der Waals surface area contributed by atoms with Crippen LogP contribution in [0.3, 0.4) is 0 Å². The lowest BCUT2D eigenvalue weighted by Crippen LogP contribution is -2.34. The predicted octanol–water partition coefficient (Wildman–Crippen LogP) is 0.844. The number of sulfonamides is 1. The minimum Gasteiger partial charge on any atom is -0.364 e. The number of nitrogens with zero attached hydrogens (tertiary/aromatic N) is 2. The number of anilines is 1. The third kappa shape index (κ3) is 3.12. The molecule has 0 spiro atoms. The monoisotopic (exact) mass is 370 g/mol. The van der Waals surface area contributed by atoms with Crippen molar-refractivity contribution in [1.82, 2.24) is 9.88 Å². The summed E-state index contributed by atoms with van der Waals surface area (Å²) in [7, 11) is -2.17. The minimum atomic E-state index is -3.77. The van der Waals surface area contributed by atoms with E-state index in [2.05, 4.69) is 5.32 Å². The maximum absolute atomic E-state index is 13.0. The maximum Gasteiger partial charge on any atom is 0.265 e. The molecule has 0 radical (unpaired) electrons. The lowest BCUT2D eigenvalue weighted by Gasteiger charge is -2.23. The van der Waals surface area contributed by atoms with Gasteiger partial charge < -0.3 is 15.6 Å². The van der Waals surface area contributed by atoms with Crippen LogP contribution in [0, 0.1) is 0 Å². The molecule has 2 aromatic rings. The van der Waals surface area contributed by atoms with E-state index in [-0.39, 0.29) is 23.0 Å². The average molecular weight is 371 g/mol. The van der Waals surface area contributed by atoms with Gasteiger partial charge in [-0.05, 0) is 17.7 Å². The van der Waals surface area contributed by atoms with Gasteiger partial charge in [0, 0.05) is 32.9 Å². The van der Waals surface area contributed by atoms with E-state index in [1.54, 1.807) is 13.1 Å². The van der Waals surface area contributed by atoms with Crippen molar-refractivity contribution in [1.29, 1.82) is 0 Å². The fraction of sp³-hybridized carbons (Fsp3) is 0.267. The number of carbonyl (C=O) groups is 1. The first-order valence-corrected chi connectivity index (χ1v) is 8.63. The Hall–Kier alpha value is -2.03. The van der Waals surface area contributed by atoms with Gasteiger partial charge in [0.1, 0.15) is 10.6 Å². The van der Waals surface area contributed by atoms with Crippen LogP contribution >= 0.6 is 12.4 Å². The highest BCUT2D eigenvalue weighted by Crippen LogP contribution is 2.28. The van der Waals surface area contributed by atoms with Gasteiger partial charge in [0.25, 0.3) is 15.9 Å². The lowest BCUT2D eigenvalue weighted by molar-refractivity contribution is 0.0992. The Bertz CT molecular complexity index is 863. The molecule has 0 unspecified atom stereocenters. The van der Waals surface area contributed by atoms with Crippen LogP contribution in [0.15, 0.2) is 41.4 Å². The Morgan fingerprint density at radius 1 is 1.29 bits per heavy atom. The molecular formula is C15H19ClN4O3S. The van der Waals surface area contributed by atoms with Crippen molar-refractivity contribution in [2.75, 3.05) is 17.4 Å². The lowest BCUT2D eigenvalue weighted by atomic mass is 10.2. The van der Waals surface area contributed by atoms with E-state index in [1.165, 1.54) is 21.1 Å². The first-order valence-electron chi connectivity index (χ1n) is 7.19. The number of amides is 1. The highest BCUT2D eigenvalue weighted by molar-refractivity contribution is 7.92. The smallest absolute Gasteiger partial charge is 0.265 e. The second-order valence-corrected chi connectivity index (χ2v) is 7.28. The van der Waals surface area contributed by atoms with Crippen LogP contribution in [-0.2, 0) is 23.6 Å². The Kier molecular flexibility index (Phi) is 5.22. The third-order valence-electron chi connectivity index (χ3n) is 3.89. The second kappa shape index (κ2) is 6.84. The van der Waals surface area contributed by atoms with Crippen molar-refractivity contribution in [3.8, 4) is 0 Å². The number of halogens is 1. The molecule has 0 aliphatic carbocycles. The van der Waals surface area contributed by atoms with Gasteiger partial charge in [-0.2, -0.15) is 0 Å². The van der Waals surface area contributed by atoms with E-state index in [0.717, 1.165) is 5.56 Å². The Morgan fingerprint density at radius 3 is 2.67 bits per heavy atom. The summed E-state index contributed by atoms with van der Waals surface area (Å²) in [6, 6.07) is 8.70. The van der Waals surface area contributed by atoms with Gasteiger partial charge in [-0.15, -0.1) is 12.4 Å². The Labute approximate surface area is 146 Å². The van der Waals surface area contributed by atoms with Crippen molar-refractivity contribution >= 4 is 34.0 Å². The fourth-order valence-corrected chi connectivity index (χ4v) is 4.30. The first kappa shape index (κ1) is 18.3. The molecule has 0 saturated carbocycles. The largest absolute Gasteiger partial charge is 0.364 e. The molecule has 3 N–H and O–H groups in total. The number of hydrogen-bond donors (Lipinski definition) is 2. The van der Waals surface area contributed by atoms with Gasteiger partial charge in [-0.3, -0.25) is 9.10 Å². The van der Waals surface area contributed by atoms with Gasteiger partial charge in [0.05, 0.1) is 5.69 Å². The summed E-state index contributed by atoms with van der Waals surface area (Å²) in [5, 5.41) is 3.21. The summed E-state index contributed by atoms with van der Waals surface area (Å²) in [6.07, 6.45) is 1.41. The Balaban J connectivity index is 0.00000208. The SMILES string of the molecule is Cl.Cn1cc(S(=O)(=O)N2CCNCc3ccccc32)cc1C(N)=O. The zero-order chi connectivity index (χ0) is 16.6. The summed E-state index contributed by atoms with van der Waals surface area (Å²) >= 11 is 0. The number of para-hydroxylation sites is 1. The van der Waals surface area contributed by atoms with E-state index in [1.807, 2.05) is 18.2 Å². The van der Waals surface area contributed by atoms with Crippen LogP contribution in [0.2, 0.25) is 0 Å². The number of benzene rings is 1. The minimum absolute atomic E-state index is 0. The molecule has 1 aliphatic heterocycles. The molecular weight excluding hydrogens is 352 g/mol. The van der Waals surface area contributed by atoms with Gasteiger partial charge in [-0.1, -0.05) is 18.2 Å². The number of primary amides is 1. The number of nitrogens with two attached hydrogens (primary N) is 1. The van der Waals surface area contributed by atoms with E-state index in [4.69, 9.17) is 5.73 Å². The molecule has 0 saturated heterocycles. The van der Waals surface area contributed by atoms with Gasteiger partial charge in [0.15, 0.2) is 0 Å². The van der Waals surface area contributed by atoms with Crippen molar-refractivity contribution in [3.05, 3.63) is 47.8 Å². The molecule has 0 fully saturated rings. The number of fused-ring (bicyclic) bond motifs is 1. The summed E-state index contributed by atoms with van der Waals surface area (Å²) < 4.78 is 28.9. The van der Waals surface area contributed by atoms with Gasteiger partial charge in [-0.25, -0.2) is 8.42 Å². The summed E-state index contributed by atoms with van der Waals surface area (Å²) in [6.45, 7) is 1.48. The molecule has 1 aliphatic rings. The average Bonchev–Trinajstić information content (AvgIpc) is 2.78. The molecule has 24 heavy (non-hydrogen) atoms. The van der Waals surface area contributed by atoms with Crippen molar-refractivity contribution in [2.45, 2.75) is 11.4 Å². The first-order chi connectivity index (χ1) is 10.9. The standard InChI is InChI=1S/C15H18N4O3S.ClH/c1-18-10-12(8-14(18)15(16)20)23(21,22)19-7-6-17-9-11-4-2-3-5-13(11)19;/h2-5,8,10,17H,6-7,9H2,1H3,(H2,16,20);1H. The van der Waals surface area contributed by atoms with Gasteiger partial charge in [0.2, 0.25) is 0 Å². The molecule has 0 bridgehead atoms. The van der Waals surface area contributed by atoms with Crippen molar-refractivity contribution < 1.29 is 13.2 Å². The zero-order valence-corrected chi connectivity index (χ0v) is 14.7. The molecule has 1 aromatic carbocycles. The van der Waals surface area contributed by atoms with E-state index < -0.39 is 15.9 Å². The normalized spacial score (nSPS) is 14.5. The maximum atomic E-state index is 13.0. The highest BCUT2D eigenvalue weighted by Gasteiger charge is 2.29. The van der Waals surface area contributed by atoms with E-state index >= 15 is 0 Å². The number of aryl methyl sites for hydroxylation is 1. The van der Waals surface area contributed by atoms with Crippen LogP contribution in [0.4, 0.5) is 5.69 Å². The number of rotatable bonds is 3. The number of carbonyl (C=O) groups excluding carboxylic acids is 1.